The predicted molar refractivity (Wildman–Crippen MR) is 63.8 cm³/mol. The minimum absolute atomic E-state index is 0.0538. The summed E-state index contributed by atoms with van der Waals surface area (Å²) in [5, 5.41) is 18.0. The maximum Gasteiger partial charge on any atom is 0.330 e. The molecule has 6 nitrogen and oxygen atoms in total. The average molecular weight is 242 g/mol. The lowest BCUT2D eigenvalue weighted by Gasteiger charge is -2.21. The summed E-state index contributed by atoms with van der Waals surface area (Å²) >= 11 is 1.88. The zero-order valence-electron chi connectivity index (χ0n) is 9.05. The van der Waals surface area contributed by atoms with Crippen molar-refractivity contribution in [3.05, 3.63) is 16.3 Å². The van der Waals surface area contributed by atoms with Gasteiger partial charge in [0.1, 0.15) is 6.20 Å². The number of thioether (sulfide) groups is 1. The van der Waals surface area contributed by atoms with Crippen molar-refractivity contribution in [2.45, 2.75) is 18.9 Å². The van der Waals surface area contributed by atoms with Crippen LogP contribution in [0.2, 0.25) is 0 Å². The van der Waals surface area contributed by atoms with Crippen LogP contribution in [0, 0.1) is 10.1 Å². The molecule has 0 bridgehead atoms. The molecule has 88 valence electrons. The van der Waals surface area contributed by atoms with Crippen molar-refractivity contribution in [1.82, 2.24) is 9.78 Å². The third-order valence-corrected chi connectivity index (χ3v) is 3.72. The first kappa shape index (κ1) is 11.3. The van der Waals surface area contributed by atoms with Gasteiger partial charge in [-0.25, -0.2) is 0 Å². The molecule has 0 aliphatic carbocycles. The number of nitro groups is 1. The molecule has 0 spiro atoms. The molecule has 0 radical (unpaired) electrons. The second kappa shape index (κ2) is 4.73. The van der Waals surface area contributed by atoms with Crippen molar-refractivity contribution >= 4 is 23.3 Å². The van der Waals surface area contributed by atoms with Gasteiger partial charge in [0.25, 0.3) is 0 Å². The molecule has 0 aromatic carbocycles. The molecule has 2 rings (SSSR count). The SMILES string of the molecule is Cn1cc([N+](=O)[O-])c(NC2CCCSC2)n1. The molecular weight excluding hydrogens is 228 g/mol. The summed E-state index contributed by atoms with van der Waals surface area (Å²) < 4.78 is 1.47. The van der Waals surface area contributed by atoms with E-state index in [2.05, 4.69) is 10.4 Å². The van der Waals surface area contributed by atoms with Crippen LogP contribution in [0.4, 0.5) is 11.5 Å². The summed E-state index contributed by atoms with van der Waals surface area (Å²) in [6.07, 6.45) is 3.64. The largest absolute Gasteiger partial charge is 0.359 e. The summed E-state index contributed by atoms with van der Waals surface area (Å²) in [6, 6.07) is 0.298. The number of aryl methyl sites for hydroxylation is 1. The van der Waals surface area contributed by atoms with E-state index in [4.69, 9.17) is 0 Å². The zero-order valence-corrected chi connectivity index (χ0v) is 9.87. The molecule has 7 heteroatoms. The van der Waals surface area contributed by atoms with Crippen molar-refractivity contribution in [3.63, 3.8) is 0 Å². The van der Waals surface area contributed by atoms with E-state index >= 15 is 0 Å². The molecule has 1 atom stereocenters. The average Bonchev–Trinajstić information content (AvgIpc) is 2.61. The van der Waals surface area contributed by atoms with E-state index in [1.54, 1.807) is 7.05 Å². The van der Waals surface area contributed by atoms with Gasteiger partial charge < -0.3 is 5.32 Å². The third-order valence-electron chi connectivity index (χ3n) is 2.51. The van der Waals surface area contributed by atoms with E-state index in [0.29, 0.717) is 11.9 Å². The van der Waals surface area contributed by atoms with Crippen LogP contribution in [0.5, 0.6) is 0 Å². The van der Waals surface area contributed by atoms with Crippen LogP contribution in [-0.2, 0) is 7.05 Å². The maximum absolute atomic E-state index is 10.8. The highest BCUT2D eigenvalue weighted by atomic mass is 32.2. The highest BCUT2D eigenvalue weighted by Crippen LogP contribution is 2.25. The number of anilines is 1. The van der Waals surface area contributed by atoms with Crippen molar-refractivity contribution in [2.75, 3.05) is 16.8 Å². The van der Waals surface area contributed by atoms with Crippen molar-refractivity contribution in [1.29, 1.82) is 0 Å². The minimum atomic E-state index is -0.398. The Hall–Kier alpha value is -1.24. The van der Waals surface area contributed by atoms with Crippen molar-refractivity contribution in [3.8, 4) is 0 Å². The lowest BCUT2D eigenvalue weighted by atomic mass is 10.2. The molecular formula is C9H14N4O2S. The summed E-state index contributed by atoms with van der Waals surface area (Å²) in [7, 11) is 1.69. The topological polar surface area (TPSA) is 73.0 Å². The van der Waals surface area contributed by atoms with E-state index in [0.717, 1.165) is 18.6 Å². The molecule has 1 aromatic rings. The Morgan fingerprint density at radius 3 is 3.19 bits per heavy atom. The molecule has 1 aromatic heterocycles. The number of aromatic nitrogens is 2. The van der Waals surface area contributed by atoms with E-state index in [-0.39, 0.29) is 5.69 Å². The van der Waals surface area contributed by atoms with Gasteiger partial charge in [0.15, 0.2) is 0 Å². The van der Waals surface area contributed by atoms with Gasteiger partial charge in [-0.1, -0.05) is 0 Å². The van der Waals surface area contributed by atoms with Crippen LogP contribution in [0.15, 0.2) is 6.20 Å². The van der Waals surface area contributed by atoms with Gasteiger partial charge in [0, 0.05) is 18.8 Å². The Morgan fingerprint density at radius 2 is 2.56 bits per heavy atom. The summed E-state index contributed by atoms with van der Waals surface area (Å²) in [4.78, 5) is 10.4. The molecule has 0 amide bonds. The van der Waals surface area contributed by atoms with Gasteiger partial charge in [-0.2, -0.15) is 11.8 Å². The first-order valence-corrected chi connectivity index (χ1v) is 6.34. The van der Waals surface area contributed by atoms with Gasteiger partial charge in [-0.05, 0) is 18.6 Å². The van der Waals surface area contributed by atoms with Gasteiger partial charge >= 0.3 is 5.69 Å². The molecule has 16 heavy (non-hydrogen) atoms. The Kier molecular flexibility index (Phi) is 3.33. The summed E-state index contributed by atoms with van der Waals surface area (Å²) in [5.74, 6) is 2.57. The highest BCUT2D eigenvalue weighted by Gasteiger charge is 2.22. The van der Waals surface area contributed by atoms with Crippen molar-refractivity contribution < 1.29 is 4.92 Å². The van der Waals surface area contributed by atoms with Gasteiger partial charge in [-0.15, -0.1) is 5.10 Å². The molecule has 2 heterocycles. The van der Waals surface area contributed by atoms with Crippen LogP contribution in [0.1, 0.15) is 12.8 Å². The number of rotatable bonds is 3. The van der Waals surface area contributed by atoms with Crippen LogP contribution >= 0.6 is 11.8 Å². The minimum Gasteiger partial charge on any atom is -0.359 e. The molecule has 1 N–H and O–H groups in total. The number of hydrogen-bond donors (Lipinski definition) is 1. The van der Waals surface area contributed by atoms with Crippen LogP contribution in [-0.4, -0.2) is 32.3 Å². The molecule has 1 fully saturated rings. The van der Waals surface area contributed by atoms with E-state index in [1.807, 2.05) is 11.8 Å². The van der Waals surface area contributed by atoms with Gasteiger partial charge in [-0.3, -0.25) is 14.8 Å². The highest BCUT2D eigenvalue weighted by molar-refractivity contribution is 7.99. The molecule has 1 unspecified atom stereocenters. The van der Waals surface area contributed by atoms with E-state index < -0.39 is 4.92 Å². The van der Waals surface area contributed by atoms with Crippen LogP contribution in [0.3, 0.4) is 0 Å². The maximum atomic E-state index is 10.8. The second-order valence-electron chi connectivity index (χ2n) is 3.85. The number of nitrogens with one attached hydrogen (secondary N) is 1. The molecule has 1 aliphatic rings. The fraction of sp³-hybridized carbons (Fsp3) is 0.667. The molecule has 1 saturated heterocycles. The van der Waals surface area contributed by atoms with Crippen LogP contribution < -0.4 is 5.32 Å². The lowest BCUT2D eigenvalue weighted by Crippen LogP contribution is -2.26. The van der Waals surface area contributed by atoms with E-state index in [9.17, 15) is 10.1 Å². The monoisotopic (exact) mass is 242 g/mol. The van der Waals surface area contributed by atoms with Crippen molar-refractivity contribution in [2.24, 2.45) is 7.05 Å². The smallest absolute Gasteiger partial charge is 0.330 e. The molecule has 1 aliphatic heterocycles. The summed E-state index contributed by atoms with van der Waals surface area (Å²) in [6.45, 7) is 0. The second-order valence-corrected chi connectivity index (χ2v) is 5.00. The van der Waals surface area contributed by atoms with Gasteiger partial charge in [0.2, 0.25) is 5.82 Å². The fourth-order valence-corrected chi connectivity index (χ4v) is 2.83. The number of hydrogen-bond acceptors (Lipinski definition) is 5. The Balaban J connectivity index is 2.10. The Bertz CT molecular complexity index is 387. The lowest BCUT2D eigenvalue weighted by molar-refractivity contribution is -0.384. The Morgan fingerprint density at radius 1 is 1.75 bits per heavy atom. The summed E-state index contributed by atoms with van der Waals surface area (Å²) in [5.41, 5.74) is 0.0538. The third kappa shape index (κ3) is 2.46. The normalized spacial score (nSPS) is 20.7. The van der Waals surface area contributed by atoms with E-state index in [1.165, 1.54) is 16.6 Å². The Labute approximate surface area is 97.5 Å². The van der Waals surface area contributed by atoms with Gasteiger partial charge in [0.05, 0.1) is 4.92 Å². The predicted octanol–water partition coefficient (Wildman–Crippen LogP) is 1.64. The quantitative estimate of drug-likeness (QED) is 0.644. The fourth-order valence-electron chi connectivity index (χ4n) is 1.76. The van der Waals surface area contributed by atoms with Crippen LogP contribution in [0.25, 0.3) is 0 Å². The first-order chi connectivity index (χ1) is 7.66. The first-order valence-electron chi connectivity index (χ1n) is 5.19. The number of nitrogens with zero attached hydrogens (tertiary/aromatic N) is 3. The zero-order chi connectivity index (χ0) is 11.5. The standard InChI is InChI=1S/C9H14N4O2S/c1-12-5-8(13(14)15)9(11-12)10-7-3-2-4-16-6-7/h5,7H,2-4,6H2,1H3,(H,10,11). The molecule has 0 saturated carbocycles.